The molecule has 0 saturated heterocycles. The third kappa shape index (κ3) is 2.45. The van der Waals surface area contributed by atoms with Gasteiger partial charge in [0.1, 0.15) is 10.8 Å². The molecule has 0 spiro atoms. The van der Waals surface area contributed by atoms with E-state index in [1.54, 1.807) is 7.11 Å². The number of ether oxygens (including phenoxy) is 1. The van der Waals surface area contributed by atoms with Crippen molar-refractivity contribution in [2.75, 3.05) is 20.7 Å². The van der Waals surface area contributed by atoms with Crippen molar-refractivity contribution in [1.29, 1.82) is 0 Å². The molecule has 1 heterocycles. The van der Waals surface area contributed by atoms with Gasteiger partial charge in [0, 0.05) is 17.3 Å². The van der Waals surface area contributed by atoms with Gasteiger partial charge in [0.05, 0.1) is 18.4 Å². The van der Waals surface area contributed by atoms with E-state index in [2.05, 4.69) is 11.4 Å². The van der Waals surface area contributed by atoms with Crippen molar-refractivity contribution in [2.45, 2.75) is 25.2 Å². The summed E-state index contributed by atoms with van der Waals surface area (Å²) in [6, 6.07) is 8.14. The van der Waals surface area contributed by atoms with Crippen molar-refractivity contribution in [3.8, 4) is 16.3 Å². The molecule has 3 rings (SSSR count). The normalized spacial score (nSPS) is 17.8. The molecule has 0 bridgehead atoms. The number of thiazole rings is 1. The topological polar surface area (TPSA) is 34.1 Å². The number of nitrogens with one attached hydrogen (secondary N) is 1. The van der Waals surface area contributed by atoms with Crippen molar-refractivity contribution in [2.24, 2.45) is 0 Å². The van der Waals surface area contributed by atoms with Crippen molar-refractivity contribution in [3.05, 3.63) is 34.8 Å². The van der Waals surface area contributed by atoms with Crippen LogP contribution in [0.15, 0.2) is 24.3 Å². The van der Waals surface area contributed by atoms with E-state index in [1.807, 2.05) is 36.6 Å². The molecule has 0 radical (unpaired) electrons. The SMILES string of the molecule is CNCC1CCCc2sc(-c3ccccc3OC)nc21. The zero-order chi connectivity index (χ0) is 13.9. The molecule has 0 saturated carbocycles. The van der Waals surface area contributed by atoms with Gasteiger partial charge in [-0.05, 0) is 38.4 Å². The van der Waals surface area contributed by atoms with Gasteiger partial charge in [-0.25, -0.2) is 4.98 Å². The molecule has 106 valence electrons. The second-order valence-corrected chi connectivity index (χ2v) is 6.26. The molecule has 0 amide bonds. The van der Waals surface area contributed by atoms with Gasteiger partial charge in [0.2, 0.25) is 0 Å². The fourth-order valence-corrected chi connectivity index (χ4v) is 4.11. The number of aromatic nitrogens is 1. The molecule has 1 N–H and O–H groups in total. The summed E-state index contributed by atoms with van der Waals surface area (Å²) in [6.45, 7) is 1.02. The average molecular weight is 288 g/mol. The Hall–Kier alpha value is -1.39. The van der Waals surface area contributed by atoms with Crippen LogP contribution in [0, 0.1) is 0 Å². The molecule has 1 aliphatic carbocycles. The Morgan fingerprint density at radius 3 is 3.05 bits per heavy atom. The largest absolute Gasteiger partial charge is 0.496 e. The van der Waals surface area contributed by atoms with Crippen LogP contribution < -0.4 is 10.1 Å². The number of benzene rings is 1. The van der Waals surface area contributed by atoms with Gasteiger partial charge in [-0.1, -0.05) is 12.1 Å². The lowest BCUT2D eigenvalue weighted by Gasteiger charge is -2.20. The molecular weight excluding hydrogens is 268 g/mol. The second-order valence-electron chi connectivity index (χ2n) is 5.17. The maximum absolute atomic E-state index is 5.46. The van der Waals surface area contributed by atoms with Crippen LogP contribution in [0.5, 0.6) is 5.75 Å². The zero-order valence-electron chi connectivity index (χ0n) is 12.0. The summed E-state index contributed by atoms with van der Waals surface area (Å²) in [6.07, 6.45) is 3.68. The maximum atomic E-state index is 5.46. The van der Waals surface area contributed by atoms with E-state index < -0.39 is 0 Å². The average Bonchev–Trinajstić information content (AvgIpc) is 2.92. The number of nitrogens with zero attached hydrogens (tertiary/aromatic N) is 1. The van der Waals surface area contributed by atoms with E-state index in [9.17, 15) is 0 Å². The van der Waals surface area contributed by atoms with Gasteiger partial charge in [-0.2, -0.15) is 0 Å². The van der Waals surface area contributed by atoms with E-state index in [4.69, 9.17) is 9.72 Å². The van der Waals surface area contributed by atoms with Gasteiger partial charge < -0.3 is 10.1 Å². The summed E-state index contributed by atoms with van der Waals surface area (Å²) in [5, 5.41) is 4.38. The third-order valence-electron chi connectivity index (χ3n) is 3.86. The van der Waals surface area contributed by atoms with Crippen molar-refractivity contribution >= 4 is 11.3 Å². The molecule has 3 nitrogen and oxygen atoms in total. The Morgan fingerprint density at radius 1 is 1.40 bits per heavy atom. The van der Waals surface area contributed by atoms with E-state index in [-0.39, 0.29) is 0 Å². The van der Waals surface area contributed by atoms with Crippen molar-refractivity contribution in [1.82, 2.24) is 10.3 Å². The van der Waals surface area contributed by atoms with E-state index in [1.165, 1.54) is 29.8 Å². The first-order chi connectivity index (χ1) is 9.83. The molecule has 1 atom stereocenters. The highest BCUT2D eigenvalue weighted by Crippen LogP contribution is 2.40. The Morgan fingerprint density at radius 2 is 2.25 bits per heavy atom. The first-order valence-corrected chi connectivity index (χ1v) is 7.92. The van der Waals surface area contributed by atoms with Gasteiger partial charge in [-0.3, -0.25) is 0 Å². The van der Waals surface area contributed by atoms with E-state index >= 15 is 0 Å². The van der Waals surface area contributed by atoms with Crippen LogP contribution >= 0.6 is 11.3 Å². The summed E-state index contributed by atoms with van der Waals surface area (Å²) in [5.41, 5.74) is 2.41. The minimum atomic E-state index is 0.559. The van der Waals surface area contributed by atoms with E-state index in [0.29, 0.717) is 5.92 Å². The molecule has 1 aromatic heterocycles. The Bertz CT molecular complexity index is 594. The lowest BCUT2D eigenvalue weighted by Crippen LogP contribution is -2.20. The lowest BCUT2D eigenvalue weighted by molar-refractivity contribution is 0.416. The number of rotatable bonds is 4. The summed E-state index contributed by atoms with van der Waals surface area (Å²) in [5.74, 6) is 1.47. The fourth-order valence-electron chi connectivity index (χ4n) is 2.89. The summed E-state index contributed by atoms with van der Waals surface area (Å²) < 4.78 is 5.46. The van der Waals surface area contributed by atoms with Gasteiger partial charge >= 0.3 is 0 Å². The predicted molar refractivity (Wildman–Crippen MR) is 83.7 cm³/mol. The summed E-state index contributed by atoms with van der Waals surface area (Å²) in [4.78, 5) is 6.38. The smallest absolute Gasteiger partial charge is 0.129 e. The second kappa shape index (κ2) is 5.94. The third-order valence-corrected chi connectivity index (χ3v) is 5.02. The number of hydrogen-bond donors (Lipinski definition) is 1. The van der Waals surface area contributed by atoms with Gasteiger partial charge in [-0.15, -0.1) is 11.3 Å². The molecule has 1 aliphatic rings. The van der Waals surface area contributed by atoms with Crippen LogP contribution in [0.3, 0.4) is 0 Å². The minimum absolute atomic E-state index is 0.559. The number of aryl methyl sites for hydroxylation is 1. The Kier molecular flexibility index (Phi) is 4.03. The van der Waals surface area contributed by atoms with Crippen molar-refractivity contribution < 1.29 is 4.74 Å². The van der Waals surface area contributed by atoms with Crippen LogP contribution in [0.25, 0.3) is 10.6 Å². The van der Waals surface area contributed by atoms with Crippen LogP contribution in [0.2, 0.25) is 0 Å². The fraction of sp³-hybridized carbons (Fsp3) is 0.438. The summed E-state index contributed by atoms with van der Waals surface area (Å²) in [7, 11) is 3.73. The number of hydrogen-bond acceptors (Lipinski definition) is 4. The monoisotopic (exact) mass is 288 g/mol. The quantitative estimate of drug-likeness (QED) is 0.935. The number of likely N-dealkylation sites (N-methyl/N-ethyl adjacent to an activating group) is 1. The number of para-hydroxylation sites is 1. The van der Waals surface area contributed by atoms with Crippen molar-refractivity contribution in [3.63, 3.8) is 0 Å². The predicted octanol–water partition coefficient (Wildman–Crippen LogP) is 3.46. The minimum Gasteiger partial charge on any atom is -0.496 e. The first kappa shape index (κ1) is 13.6. The highest BCUT2D eigenvalue weighted by molar-refractivity contribution is 7.15. The molecule has 1 unspecified atom stereocenters. The maximum Gasteiger partial charge on any atom is 0.129 e. The summed E-state index contributed by atoms with van der Waals surface area (Å²) >= 11 is 1.83. The van der Waals surface area contributed by atoms with Gasteiger partial charge in [0.25, 0.3) is 0 Å². The molecule has 20 heavy (non-hydrogen) atoms. The zero-order valence-corrected chi connectivity index (χ0v) is 12.8. The molecular formula is C16H20N2OS. The van der Waals surface area contributed by atoms with Crippen LogP contribution in [-0.4, -0.2) is 25.7 Å². The molecule has 0 aliphatic heterocycles. The number of fused-ring (bicyclic) bond motifs is 1. The lowest BCUT2D eigenvalue weighted by atomic mass is 9.91. The Labute approximate surface area is 124 Å². The molecule has 2 aromatic rings. The number of methoxy groups -OCH3 is 1. The van der Waals surface area contributed by atoms with Crippen LogP contribution in [-0.2, 0) is 6.42 Å². The molecule has 4 heteroatoms. The van der Waals surface area contributed by atoms with Crippen LogP contribution in [0.1, 0.15) is 29.3 Å². The van der Waals surface area contributed by atoms with E-state index in [0.717, 1.165) is 22.9 Å². The standard InChI is InChI=1S/C16H20N2OS/c1-17-10-11-6-5-9-14-15(11)18-16(20-14)12-7-3-4-8-13(12)19-2/h3-4,7-8,11,17H,5-6,9-10H2,1-2H3. The first-order valence-electron chi connectivity index (χ1n) is 7.11. The highest BCUT2D eigenvalue weighted by Gasteiger charge is 2.25. The Balaban J connectivity index is 2.00. The van der Waals surface area contributed by atoms with Crippen LogP contribution in [0.4, 0.5) is 0 Å². The highest BCUT2D eigenvalue weighted by atomic mass is 32.1. The molecule has 0 fully saturated rings. The van der Waals surface area contributed by atoms with Gasteiger partial charge in [0.15, 0.2) is 0 Å². The molecule has 1 aromatic carbocycles.